The lowest BCUT2D eigenvalue weighted by molar-refractivity contribution is 0.144. The fourth-order valence-electron chi connectivity index (χ4n) is 2.95. The van der Waals surface area contributed by atoms with Crippen LogP contribution in [0, 0.1) is 6.92 Å². The van der Waals surface area contributed by atoms with Crippen molar-refractivity contribution in [1.29, 1.82) is 0 Å². The van der Waals surface area contributed by atoms with Crippen molar-refractivity contribution < 1.29 is 4.74 Å². The highest BCUT2D eigenvalue weighted by molar-refractivity contribution is 5.92. The van der Waals surface area contributed by atoms with Crippen LogP contribution in [0.15, 0.2) is 30.5 Å². The van der Waals surface area contributed by atoms with E-state index >= 15 is 0 Å². The fraction of sp³-hybridized carbons (Fsp3) is 0.471. The molecule has 112 valence electrons. The number of fused-ring (bicyclic) bond motifs is 1. The average Bonchev–Trinajstić information content (AvgIpc) is 2.53. The molecule has 0 atom stereocenters. The number of hydrogen-bond donors (Lipinski definition) is 0. The number of piperazine rings is 1. The van der Waals surface area contributed by atoms with Gasteiger partial charge in [0.1, 0.15) is 0 Å². The van der Waals surface area contributed by atoms with Gasteiger partial charge in [-0.15, -0.1) is 0 Å². The molecule has 0 amide bonds. The predicted molar refractivity (Wildman–Crippen MR) is 87.0 cm³/mol. The maximum absolute atomic E-state index is 5.16. The van der Waals surface area contributed by atoms with Crippen molar-refractivity contribution >= 4 is 16.6 Å². The molecule has 1 aliphatic heterocycles. The van der Waals surface area contributed by atoms with Gasteiger partial charge in [-0.2, -0.15) is 0 Å². The summed E-state index contributed by atoms with van der Waals surface area (Å²) < 4.78 is 5.16. The van der Waals surface area contributed by atoms with Crippen LogP contribution in [-0.2, 0) is 4.74 Å². The van der Waals surface area contributed by atoms with Crippen LogP contribution >= 0.6 is 0 Å². The maximum Gasteiger partial charge on any atom is 0.0722 e. The molecule has 0 radical (unpaired) electrons. The van der Waals surface area contributed by atoms with Gasteiger partial charge < -0.3 is 9.64 Å². The molecule has 0 N–H and O–H groups in total. The molecule has 0 aliphatic carbocycles. The molecule has 1 aliphatic rings. The summed E-state index contributed by atoms with van der Waals surface area (Å²) in [6.07, 6.45) is 1.92. The summed E-state index contributed by atoms with van der Waals surface area (Å²) >= 11 is 0. The van der Waals surface area contributed by atoms with Crippen LogP contribution in [0.2, 0.25) is 0 Å². The van der Waals surface area contributed by atoms with Gasteiger partial charge in [0, 0.05) is 57.1 Å². The zero-order valence-corrected chi connectivity index (χ0v) is 12.9. The van der Waals surface area contributed by atoms with Crippen LogP contribution < -0.4 is 4.90 Å². The Hall–Kier alpha value is -1.65. The largest absolute Gasteiger partial charge is 0.383 e. The van der Waals surface area contributed by atoms with Crippen LogP contribution in [0.5, 0.6) is 0 Å². The van der Waals surface area contributed by atoms with E-state index in [9.17, 15) is 0 Å². The van der Waals surface area contributed by atoms with Crippen molar-refractivity contribution in [3.8, 4) is 0 Å². The van der Waals surface area contributed by atoms with Gasteiger partial charge in [0.25, 0.3) is 0 Å². The Labute approximate surface area is 126 Å². The van der Waals surface area contributed by atoms with Crippen LogP contribution in [0.3, 0.4) is 0 Å². The summed E-state index contributed by atoms with van der Waals surface area (Å²) in [5.41, 5.74) is 3.69. The zero-order chi connectivity index (χ0) is 14.7. The SMILES string of the molecule is COCCN1CCN(c2ccnc3ccc(C)cc23)CC1. The third-order valence-electron chi connectivity index (χ3n) is 4.20. The summed E-state index contributed by atoms with van der Waals surface area (Å²) in [6.45, 7) is 8.31. The Morgan fingerprint density at radius 2 is 1.95 bits per heavy atom. The number of methoxy groups -OCH3 is 1. The van der Waals surface area contributed by atoms with Gasteiger partial charge in [0.2, 0.25) is 0 Å². The molecule has 0 saturated carbocycles. The molecule has 3 rings (SSSR count). The Balaban J connectivity index is 1.78. The third-order valence-corrected chi connectivity index (χ3v) is 4.20. The Morgan fingerprint density at radius 3 is 2.71 bits per heavy atom. The van der Waals surface area contributed by atoms with Crippen molar-refractivity contribution in [3.63, 3.8) is 0 Å². The highest BCUT2D eigenvalue weighted by Crippen LogP contribution is 2.27. The lowest BCUT2D eigenvalue weighted by Gasteiger charge is -2.36. The lowest BCUT2D eigenvalue weighted by atomic mass is 10.1. The Bertz CT molecular complexity index is 606. The molecular weight excluding hydrogens is 262 g/mol. The molecule has 0 bridgehead atoms. The van der Waals surface area contributed by atoms with E-state index in [1.54, 1.807) is 7.11 Å². The second-order valence-electron chi connectivity index (χ2n) is 5.67. The molecule has 1 aromatic heterocycles. The monoisotopic (exact) mass is 285 g/mol. The first-order chi connectivity index (χ1) is 10.3. The van der Waals surface area contributed by atoms with Crippen molar-refractivity contribution in [3.05, 3.63) is 36.0 Å². The minimum absolute atomic E-state index is 0.817. The van der Waals surface area contributed by atoms with Gasteiger partial charge >= 0.3 is 0 Å². The van der Waals surface area contributed by atoms with Gasteiger partial charge in [-0.3, -0.25) is 9.88 Å². The van der Waals surface area contributed by atoms with Gasteiger partial charge in [-0.25, -0.2) is 0 Å². The lowest BCUT2D eigenvalue weighted by Crippen LogP contribution is -2.47. The highest BCUT2D eigenvalue weighted by Gasteiger charge is 2.18. The minimum atomic E-state index is 0.817. The number of aryl methyl sites for hydroxylation is 1. The first-order valence-electron chi connectivity index (χ1n) is 7.59. The van der Waals surface area contributed by atoms with Crippen LogP contribution in [-0.4, -0.2) is 56.3 Å². The molecule has 0 spiro atoms. The van der Waals surface area contributed by atoms with Crippen molar-refractivity contribution in [1.82, 2.24) is 9.88 Å². The van der Waals surface area contributed by atoms with E-state index in [2.05, 4.69) is 46.0 Å². The van der Waals surface area contributed by atoms with Crippen molar-refractivity contribution in [2.75, 3.05) is 51.3 Å². The second-order valence-corrected chi connectivity index (χ2v) is 5.67. The second kappa shape index (κ2) is 6.41. The van der Waals surface area contributed by atoms with Crippen LogP contribution in [0.25, 0.3) is 10.9 Å². The van der Waals surface area contributed by atoms with Crippen LogP contribution in [0.4, 0.5) is 5.69 Å². The van der Waals surface area contributed by atoms with Crippen LogP contribution in [0.1, 0.15) is 5.56 Å². The normalized spacial score (nSPS) is 16.6. The third kappa shape index (κ3) is 3.17. The number of benzene rings is 1. The summed E-state index contributed by atoms with van der Waals surface area (Å²) in [4.78, 5) is 9.43. The zero-order valence-electron chi connectivity index (χ0n) is 12.9. The van der Waals surface area contributed by atoms with E-state index in [0.717, 1.165) is 44.8 Å². The van der Waals surface area contributed by atoms with Gasteiger partial charge in [-0.05, 0) is 25.1 Å². The van der Waals surface area contributed by atoms with Crippen molar-refractivity contribution in [2.45, 2.75) is 6.92 Å². The molecule has 21 heavy (non-hydrogen) atoms. The van der Waals surface area contributed by atoms with E-state index in [1.807, 2.05) is 6.20 Å². The Morgan fingerprint density at radius 1 is 1.14 bits per heavy atom. The van der Waals surface area contributed by atoms with Gasteiger partial charge in [-0.1, -0.05) is 11.6 Å². The number of pyridine rings is 1. The summed E-state index contributed by atoms with van der Waals surface area (Å²) in [6, 6.07) is 8.63. The van der Waals surface area contributed by atoms with E-state index in [1.165, 1.54) is 16.6 Å². The summed E-state index contributed by atoms with van der Waals surface area (Å²) in [7, 11) is 1.77. The summed E-state index contributed by atoms with van der Waals surface area (Å²) in [5, 5.41) is 1.27. The average molecular weight is 285 g/mol. The Kier molecular flexibility index (Phi) is 4.36. The number of aromatic nitrogens is 1. The molecule has 2 aromatic rings. The molecule has 4 heteroatoms. The number of hydrogen-bond acceptors (Lipinski definition) is 4. The quantitative estimate of drug-likeness (QED) is 0.862. The van der Waals surface area contributed by atoms with Gasteiger partial charge in [0.15, 0.2) is 0 Å². The topological polar surface area (TPSA) is 28.6 Å². The molecule has 1 aromatic carbocycles. The maximum atomic E-state index is 5.16. The molecule has 1 fully saturated rings. The number of rotatable bonds is 4. The smallest absolute Gasteiger partial charge is 0.0722 e. The van der Waals surface area contributed by atoms with Gasteiger partial charge in [0.05, 0.1) is 12.1 Å². The fourth-order valence-corrected chi connectivity index (χ4v) is 2.95. The van der Waals surface area contributed by atoms with E-state index in [4.69, 9.17) is 4.74 Å². The van der Waals surface area contributed by atoms with E-state index in [0.29, 0.717) is 0 Å². The highest BCUT2D eigenvalue weighted by atomic mass is 16.5. The first-order valence-corrected chi connectivity index (χ1v) is 7.59. The molecule has 2 heterocycles. The van der Waals surface area contributed by atoms with E-state index < -0.39 is 0 Å². The van der Waals surface area contributed by atoms with E-state index in [-0.39, 0.29) is 0 Å². The predicted octanol–water partition coefficient (Wildman–Crippen LogP) is 2.31. The number of nitrogens with zero attached hydrogens (tertiary/aromatic N) is 3. The number of anilines is 1. The molecule has 1 saturated heterocycles. The molecule has 0 unspecified atom stereocenters. The standard InChI is InChI=1S/C17H23N3O/c1-14-3-4-16-15(13-14)17(5-6-18-16)20-9-7-19(8-10-20)11-12-21-2/h3-6,13H,7-12H2,1-2H3. The number of ether oxygens (including phenoxy) is 1. The summed E-state index contributed by atoms with van der Waals surface area (Å²) in [5.74, 6) is 0. The minimum Gasteiger partial charge on any atom is -0.383 e. The first kappa shape index (κ1) is 14.3. The van der Waals surface area contributed by atoms with Crippen molar-refractivity contribution in [2.24, 2.45) is 0 Å². The molecular formula is C17H23N3O. The molecule has 4 nitrogen and oxygen atoms in total.